The third-order valence-electron chi connectivity index (χ3n) is 6.42. The SMILES string of the molecule is Cc1cc(CNC(=O)c2ncnc3c(NCC4CCC(C(=O)O)CC4)cn(C)c23)ccc1F. The Hall–Kier alpha value is -3.49. The molecule has 9 heteroatoms. The van der Waals surface area contributed by atoms with Crippen LogP contribution in [0.4, 0.5) is 10.1 Å². The van der Waals surface area contributed by atoms with Gasteiger partial charge >= 0.3 is 5.97 Å². The number of carboxylic acid groups (broad SMARTS) is 1. The van der Waals surface area contributed by atoms with Crippen molar-refractivity contribution in [1.82, 2.24) is 19.9 Å². The van der Waals surface area contributed by atoms with Crippen LogP contribution in [-0.4, -0.2) is 38.1 Å². The quantitative estimate of drug-likeness (QED) is 0.504. The summed E-state index contributed by atoms with van der Waals surface area (Å²) in [6.45, 7) is 2.67. The number of benzene rings is 1. The van der Waals surface area contributed by atoms with Crippen LogP contribution in [0.25, 0.3) is 11.0 Å². The van der Waals surface area contributed by atoms with Crippen LogP contribution in [0.5, 0.6) is 0 Å². The normalized spacial score (nSPS) is 18.3. The Bertz CT molecular complexity index is 1180. The Morgan fingerprint density at radius 1 is 1.21 bits per heavy atom. The summed E-state index contributed by atoms with van der Waals surface area (Å²) >= 11 is 0. The zero-order valence-electron chi connectivity index (χ0n) is 18.8. The molecule has 4 rings (SSSR count). The topological polar surface area (TPSA) is 109 Å². The highest BCUT2D eigenvalue weighted by Crippen LogP contribution is 2.30. The monoisotopic (exact) mass is 453 g/mol. The van der Waals surface area contributed by atoms with Crippen molar-refractivity contribution in [3.63, 3.8) is 0 Å². The van der Waals surface area contributed by atoms with Gasteiger partial charge in [-0.25, -0.2) is 14.4 Å². The smallest absolute Gasteiger partial charge is 0.306 e. The van der Waals surface area contributed by atoms with E-state index in [1.54, 1.807) is 19.1 Å². The molecule has 1 amide bonds. The van der Waals surface area contributed by atoms with E-state index in [2.05, 4.69) is 20.6 Å². The highest BCUT2D eigenvalue weighted by atomic mass is 19.1. The van der Waals surface area contributed by atoms with Crippen molar-refractivity contribution in [3.05, 3.63) is 53.4 Å². The number of aryl methyl sites for hydroxylation is 2. The van der Waals surface area contributed by atoms with Gasteiger partial charge in [-0.3, -0.25) is 9.59 Å². The van der Waals surface area contributed by atoms with Crippen molar-refractivity contribution in [2.45, 2.75) is 39.2 Å². The first-order chi connectivity index (χ1) is 15.8. The van der Waals surface area contributed by atoms with Gasteiger partial charge < -0.3 is 20.3 Å². The average molecular weight is 454 g/mol. The van der Waals surface area contributed by atoms with Crippen molar-refractivity contribution in [3.8, 4) is 0 Å². The van der Waals surface area contributed by atoms with Crippen LogP contribution in [0.2, 0.25) is 0 Å². The fraction of sp³-hybridized carbons (Fsp3) is 0.417. The Morgan fingerprint density at radius 3 is 2.67 bits per heavy atom. The van der Waals surface area contributed by atoms with Crippen LogP contribution >= 0.6 is 0 Å². The lowest BCUT2D eigenvalue weighted by Gasteiger charge is -2.26. The zero-order valence-corrected chi connectivity index (χ0v) is 18.8. The van der Waals surface area contributed by atoms with E-state index in [9.17, 15) is 19.1 Å². The second-order valence-electron chi connectivity index (χ2n) is 8.78. The number of aromatic nitrogens is 3. The molecule has 0 atom stereocenters. The minimum atomic E-state index is -0.701. The molecule has 0 saturated heterocycles. The highest BCUT2D eigenvalue weighted by molar-refractivity contribution is 6.06. The van der Waals surface area contributed by atoms with Crippen molar-refractivity contribution in [2.24, 2.45) is 18.9 Å². The first-order valence-corrected chi connectivity index (χ1v) is 11.1. The lowest BCUT2D eigenvalue weighted by molar-refractivity contribution is -0.143. The Morgan fingerprint density at radius 2 is 1.97 bits per heavy atom. The number of nitrogens with zero attached hydrogens (tertiary/aromatic N) is 3. The van der Waals surface area contributed by atoms with Gasteiger partial charge in [0.2, 0.25) is 0 Å². The van der Waals surface area contributed by atoms with E-state index < -0.39 is 5.97 Å². The molecule has 33 heavy (non-hydrogen) atoms. The first kappa shape index (κ1) is 22.7. The van der Waals surface area contributed by atoms with E-state index in [0.29, 0.717) is 35.4 Å². The number of hydrogen-bond donors (Lipinski definition) is 3. The van der Waals surface area contributed by atoms with E-state index >= 15 is 0 Å². The number of carbonyl (C=O) groups excluding carboxylic acids is 1. The molecule has 174 valence electrons. The average Bonchev–Trinajstić information content (AvgIpc) is 3.14. The number of carboxylic acids is 1. The number of halogens is 1. The molecule has 0 aliphatic heterocycles. The number of carbonyl (C=O) groups is 2. The predicted octanol–water partition coefficient (Wildman–Crippen LogP) is 3.65. The van der Waals surface area contributed by atoms with Gasteiger partial charge in [0.25, 0.3) is 5.91 Å². The van der Waals surface area contributed by atoms with E-state index in [1.165, 1.54) is 12.4 Å². The molecule has 1 saturated carbocycles. The minimum Gasteiger partial charge on any atom is -0.481 e. The number of nitrogens with one attached hydrogen (secondary N) is 2. The number of aliphatic carboxylic acids is 1. The maximum Gasteiger partial charge on any atom is 0.306 e. The van der Waals surface area contributed by atoms with Crippen LogP contribution in [0.1, 0.15) is 47.3 Å². The summed E-state index contributed by atoms with van der Waals surface area (Å²) in [5.74, 6) is -1.14. The zero-order chi connectivity index (χ0) is 23.5. The van der Waals surface area contributed by atoms with E-state index in [-0.39, 0.29) is 29.9 Å². The van der Waals surface area contributed by atoms with Crippen LogP contribution in [0.15, 0.2) is 30.7 Å². The lowest BCUT2D eigenvalue weighted by atomic mass is 9.82. The third kappa shape index (κ3) is 4.97. The molecule has 1 fully saturated rings. The molecular weight excluding hydrogens is 425 g/mol. The van der Waals surface area contributed by atoms with Crippen molar-refractivity contribution < 1.29 is 19.1 Å². The number of amides is 1. The molecule has 8 nitrogen and oxygen atoms in total. The van der Waals surface area contributed by atoms with E-state index in [1.807, 2.05) is 17.8 Å². The van der Waals surface area contributed by atoms with Crippen LogP contribution < -0.4 is 10.6 Å². The summed E-state index contributed by atoms with van der Waals surface area (Å²) in [5, 5.41) is 15.5. The van der Waals surface area contributed by atoms with Gasteiger partial charge in [-0.05, 0) is 55.7 Å². The number of rotatable bonds is 7. The van der Waals surface area contributed by atoms with Crippen LogP contribution in [0.3, 0.4) is 0 Å². The number of anilines is 1. The van der Waals surface area contributed by atoms with Crippen molar-refractivity contribution >= 4 is 28.6 Å². The predicted molar refractivity (Wildman–Crippen MR) is 122 cm³/mol. The fourth-order valence-corrected chi connectivity index (χ4v) is 4.48. The first-order valence-electron chi connectivity index (χ1n) is 11.1. The molecule has 2 aromatic heterocycles. The molecule has 0 radical (unpaired) electrons. The lowest BCUT2D eigenvalue weighted by Crippen LogP contribution is -2.25. The summed E-state index contributed by atoms with van der Waals surface area (Å²) in [6, 6.07) is 4.75. The van der Waals surface area contributed by atoms with Gasteiger partial charge in [0.05, 0.1) is 11.6 Å². The molecule has 1 aliphatic carbocycles. The van der Waals surface area contributed by atoms with Gasteiger partial charge in [0.15, 0.2) is 5.69 Å². The summed E-state index contributed by atoms with van der Waals surface area (Å²) < 4.78 is 15.3. The summed E-state index contributed by atoms with van der Waals surface area (Å²) in [4.78, 5) is 32.6. The van der Waals surface area contributed by atoms with Gasteiger partial charge in [-0.15, -0.1) is 0 Å². The molecular formula is C24H28FN5O3. The van der Waals surface area contributed by atoms with E-state index in [4.69, 9.17) is 0 Å². The maximum absolute atomic E-state index is 13.5. The van der Waals surface area contributed by atoms with Crippen molar-refractivity contribution in [1.29, 1.82) is 0 Å². The molecule has 0 bridgehead atoms. The molecule has 3 N–H and O–H groups in total. The molecule has 1 aliphatic rings. The van der Waals surface area contributed by atoms with Crippen molar-refractivity contribution in [2.75, 3.05) is 11.9 Å². The summed E-state index contributed by atoms with van der Waals surface area (Å²) in [7, 11) is 1.84. The van der Waals surface area contributed by atoms with E-state index in [0.717, 1.165) is 30.6 Å². The highest BCUT2D eigenvalue weighted by Gasteiger charge is 2.26. The Labute approximate surface area is 191 Å². The third-order valence-corrected chi connectivity index (χ3v) is 6.42. The second-order valence-corrected chi connectivity index (χ2v) is 8.78. The number of fused-ring (bicyclic) bond motifs is 1. The van der Waals surface area contributed by atoms with Gasteiger partial charge in [0.1, 0.15) is 23.2 Å². The molecule has 0 unspecified atom stereocenters. The fourth-order valence-electron chi connectivity index (χ4n) is 4.48. The largest absolute Gasteiger partial charge is 0.481 e. The Kier molecular flexibility index (Phi) is 6.57. The molecule has 1 aromatic carbocycles. The molecule has 0 spiro atoms. The standard InChI is InChI=1S/C24H28FN5O3/c1-14-9-16(5-8-18(14)25)11-27-23(31)21-22-20(28-13-29-21)19(12-30(22)2)26-10-15-3-6-17(7-4-15)24(32)33/h5,8-9,12-13,15,17,26H,3-4,6-7,10-11H2,1-2H3,(H,27,31)(H,32,33). The maximum atomic E-state index is 13.5. The minimum absolute atomic E-state index is 0.230. The Balaban J connectivity index is 1.44. The summed E-state index contributed by atoms with van der Waals surface area (Å²) in [5.41, 5.74) is 3.71. The molecule has 2 heterocycles. The van der Waals surface area contributed by atoms with Gasteiger partial charge in [-0.2, -0.15) is 0 Å². The second kappa shape index (κ2) is 9.56. The van der Waals surface area contributed by atoms with Crippen LogP contribution in [-0.2, 0) is 18.4 Å². The summed E-state index contributed by atoms with van der Waals surface area (Å²) in [6.07, 6.45) is 6.43. The van der Waals surface area contributed by atoms with Gasteiger partial charge in [0, 0.05) is 26.3 Å². The van der Waals surface area contributed by atoms with Gasteiger partial charge in [-0.1, -0.05) is 12.1 Å². The van der Waals surface area contributed by atoms with Crippen LogP contribution in [0, 0.1) is 24.6 Å². The number of hydrogen-bond acceptors (Lipinski definition) is 5. The molecule has 3 aromatic rings.